The molecule has 0 spiro atoms. The van der Waals surface area contributed by atoms with Crippen LogP contribution >= 0.6 is 0 Å². The second kappa shape index (κ2) is 4.71. The molecule has 11 heavy (non-hydrogen) atoms. The van der Waals surface area contributed by atoms with E-state index in [2.05, 4.69) is 4.42 Å². The van der Waals surface area contributed by atoms with Gasteiger partial charge in [0.15, 0.2) is 0 Å². The van der Waals surface area contributed by atoms with Crippen molar-refractivity contribution in [3.63, 3.8) is 0 Å². The van der Waals surface area contributed by atoms with Crippen molar-refractivity contribution < 1.29 is 68.7 Å². The van der Waals surface area contributed by atoms with Gasteiger partial charge in [0, 0.05) is 0 Å². The van der Waals surface area contributed by atoms with E-state index in [0.717, 1.165) is 6.26 Å². The van der Waals surface area contributed by atoms with E-state index < -0.39 is 13.3 Å². The maximum Gasteiger partial charge on any atom is 1.00 e. The fraction of sp³-hybridized carbons (Fsp3) is 0.200. The van der Waals surface area contributed by atoms with Crippen molar-refractivity contribution in [1.29, 1.82) is 0 Å². The third-order valence-electron chi connectivity index (χ3n) is 1.05. The molecule has 6 heteroatoms. The molecule has 0 atom stereocenters. The Balaban J connectivity index is 0.000001000. The van der Waals surface area contributed by atoms with Crippen LogP contribution in [0.4, 0.5) is 12.9 Å². The van der Waals surface area contributed by atoms with Gasteiger partial charge in [0.25, 0.3) is 0 Å². The Hall–Kier alpha value is 0.771. The molecule has 0 fully saturated rings. The topological polar surface area (TPSA) is 13.1 Å². The molecule has 0 saturated heterocycles. The van der Waals surface area contributed by atoms with Crippen molar-refractivity contribution in [2.45, 2.75) is 6.32 Å². The van der Waals surface area contributed by atoms with Crippen molar-refractivity contribution >= 4 is 6.98 Å². The maximum atomic E-state index is 11.6. The molecule has 0 unspecified atom stereocenters. The third kappa shape index (κ3) is 5.08. The second-order valence-corrected chi connectivity index (χ2v) is 2.05. The van der Waals surface area contributed by atoms with Crippen LogP contribution in [-0.4, -0.2) is 6.98 Å². The molecule has 1 rings (SSSR count). The quantitative estimate of drug-likeness (QED) is 0.554. The first kappa shape index (κ1) is 11.8. The molecule has 0 aliphatic rings. The summed E-state index contributed by atoms with van der Waals surface area (Å²) >= 11 is 0. The zero-order valence-electron chi connectivity index (χ0n) is 6.06. The van der Waals surface area contributed by atoms with Gasteiger partial charge in [-0.1, -0.05) is 6.32 Å². The van der Waals surface area contributed by atoms with Crippen LogP contribution in [0.1, 0.15) is 5.56 Å². The van der Waals surface area contributed by atoms with Gasteiger partial charge in [-0.25, -0.2) is 0 Å². The Kier molecular flexibility index (Phi) is 5.04. The predicted octanol–water partition coefficient (Wildman–Crippen LogP) is -0.787. The van der Waals surface area contributed by atoms with Crippen LogP contribution in [0, 0.1) is 0 Å². The van der Waals surface area contributed by atoms with Crippen LogP contribution in [0.3, 0.4) is 0 Å². The summed E-state index contributed by atoms with van der Waals surface area (Å²) in [5.74, 6) is 0. The Morgan fingerprint density at radius 2 is 2.00 bits per heavy atom. The number of furan rings is 1. The fourth-order valence-corrected chi connectivity index (χ4v) is 0.676. The minimum Gasteiger partial charge on any atom is -0.472 e. The van der Waals surface area contributed by atoms with E-state index in [-0.39, 0.29) is 56.9 Å². The third-order valence-corrected chi connectivity index (χ3v) is 1.05. The van der Waals surface area contributed by atoms with Gasteiger partial charge in [0.2, 0.25) is 0 Å². The molecule has 0 bridgehead atoms. The molecule has 0 aliphatic carbocycles. The SMILES string of the molecule is F[B-](F)(F)Cc1ccoc1.[K+]. The molecule has 56 valence electrons. The summed E-state index contributed by atoms with van der Waals surface area (Å²) in [6, 6.07) is 1.31. The first-order valence-corrected chi connectivity index (χ1v) is 2.80. The maximum absolute atomic E-state index is 11.6. The van der Waals surface area contributed by atoms with E-state index in [1.165, 1.54) is 12.3 Å². The molecule has 0 aromatic carbocycles. The summed E-state index contributed by atoms with van der Waals surface area (Å²) < 4.78 is 39.4. The molecule has 0 N–H and O–H groups in total. The fourth-order valence-electron chi connectivity index (χ4n) is 0.676. The van der Waals surface area contributed by atoms with E-state index in [9.17, 15) is 12.9 Å². The van der Waals surface area contributed by atoms with E-state index in [1.54, 1.807) is 0 Å². The number of rotatable bonds is 2. The van der Waals surface area contributed by atoms with Crippen molar-refractivity contribution in [2.75, 3.05) is 0 Å². The minimum absolute atomic E-state index is 0. The molecule has 1 aromatic rings. The van der Waals surface area contributed by atoms with Gasteiger partial charge in [-0.05, 0) is 11.6 Å². The van der Waals surface area contributed by atoms with Gasteiger partial charge in [-0.2, -0.15) is 0 Å². The first-order valence-electron chi connectivity index (χ1n) is 2.80. The Morgan fingerprint density at radius 3 is 2.36 bits per heavy atom. The average molecular weight is 188 g/mol. The van der Waals surface area contributed by atoms with E-state index in [0.29, 0.717) is 0 Å². The summed E-state index contributed by atoms with van der Waals surface area (Å²) in [4.78, 5) is 0. The molecule has 1 aromatic heterocycles. The van der Waals surface area contributed by atoms with E-state index >= 15 is 0 Å². The smallest absolute Gasteiger partial charge is 0.472 e. The molecule has 0 aliphatic heterocycles. The van der Waals surface area contributed by atoms with Crippen LogP contribution in [0.25, 0.3) is 0 Å². The van der Waals surface area contributed by atoms with Crippen molar-refractivity contribution in [2.24, 2.45) is 0 Å². The summed E-state index contributed by atoms with van der Waals surface area (Å²) in [5.41, 5.74) is 0.188. The predicted molar refractivity (Wildman–Crippen MR) is 31.5 cm³/mol. The normalized spacial score (nSPS) is 10.8. The standard InChI is InChI=1S/C5H5BF3O.K/c7-6(8,9)3-5-1-2-10-4-5;/h1-2,4H,3H2;/q-1;+1. The largest absolute Gasteiger partial charge is 1.00 e. The van der Waals surface area contributed by atoms with Gasteiger partial charge in [0.1, 0.15) is 0 Å². The Labute approximate surface area is 105 Å². The molecule has 0 saturated carbocycles. The summed E-state index contributed by atoms with van der Waals surface area (Å²) in [6.45, 7) is -4.71. The van der Waals surface area contributed by atoms with E-state index in [4.69, 9.17) is 0 Å². The van der Waals surface area contributed by atoms with Crippen LogP contribution in [0.5, 0.6) is 0 Å². The summed E-state index contributed by atoms with van der Waals surface area (Å²) in [6.07, 6.45) is 1.49. The second-order valence-electron chi connectivity index (χ2n) is 2.05. The van der Waals surface area contributed by atoms with Crippen molar-refractivity contribution in [1.82, 2.24) is 0 Å². The summed E-state index contributed by atoms with van der Waals surface area (Å²) in [7, 11) is 0. The van der Waals surface area contributed by atoms with Gasteiger partial charge in [-0.3, -0.25) is 0 Å². The molecule has 1 heterocycles. The summed E-state index contributed by atoms with van der Waals surface area (Å²) in [5, 5.41) is 0. The molecule has 0 radical (unpaired) electrons. The van der Waals surface area contributed by atoms with Gasteiger partial charge < -0.3 is 17.4 Å². The average Bonchev–Trinajstić information content (AvgIpc) is 2.12. The monoisotopic (exact) mass is 188 g/mol. The molecule has 1 nitrogen and oxygen atoms in total. The van der Waals surface area contributed by atoms with Crippen LogP contribution in [0.15, 0.2) is 23.0 Å². The molecular weight excluding hydrogens is 183 g/mol. The van der Waals surface area contributed by atoms with Crippen LogP contribution < -0.4 is 51.4 Å². The number of hydrogen-bond donors (Lipinski definition) is 0. The minimum atomic E-state index is -4.71. The Bertz CT molecular complexity index is 196. The molecular formula is C5H5BF3KO. The van der Waals surface area contributed by atoms with Crippen LogP contribution in [-0.2, 0) is 6.32 Å². The van der Waals surface area contributed by atoms with Gasteiger partial charge in [0.05, 0.1) is 12.5 Å². The van der Waals surface area contributed by atoms with E-state index in [1.807, 2.05) is 0 Å². The van der Waals surface area contributed by atoms with Crippen molar-refractivity contribution in [3.8, 4) is 0 Å². The van der Waals surface area contributed by atoms with Gasteiger partial charge in [-0.15, -0.1) is 0 Å². The zero-order valence-corrected chi connectivity index (χ0v) is 9.18. The molecule has 0 amide bonds. The first-order chi connectivity index (χ1) is 4.58. The van der Waals surface area contributed by atoms with Crippen molar-refractivity contribution in [3.05, 3.63) is 24.2 Å². The number of halogens is 3. The number of hydrogen-bond acceptors (Lipinski definition) is 1. The zero-order chi connectivity index (χ0) is 7.61. The van der Waals surface area contributed by atoms with Gasteiger partial charge >= 0.3 is 58.4 Å². The Morgan fingerprint density at radius 1 is 1.36 bits per heavy atom. The van der Waals surface area contributed by atoms with Crippen LogP contribution in [0.2, 0.25) is 0 Å².